The van der Waals surface area contributed by atoms with Crippen LogP contribution in [0.25, 0.3) is 0 Å². The molecule has 1 aromatic rings. The number of ether oxygens (including phenoxy) is 1. The molecular formula is C13H21NO2S. The quantitative estimate of drug-likeness (QED) is 0.695. The lowest BCUT2D eigenvalue weighted by atomic mass is 10.2. The Hall–Kier alpha value is -0.710. The van der Waals surface area contributed by atoms with Gasteiger partial charge in [0.05, 0.1) is 6.61 Å². The molecule has 4 heteroatoms. The summed E-state index contributed by atoms with van der Waals surface area (Å²) in [5.41, 5.74) is 0. The molecule has 17 heavy (non-hydrogen) atoms. The summed E-state index contributed by atoms with van der Waals surface area (Å²) < 4.78 is 5.57. The SMILES string of the molecule is CSC(CO)C(C)NCCOc1ccccc1. The van der Waals surface area contributed by atoms with Gasteiger partial charge in [0.15, 0.2) is 0 Å². The van der Waals surface area contributed by atoms with Crippen LogP contribution >= 0.6 is 11.8 Å². The van der Waals surface area contributed by atoms with Crippen molar-refractivity contribution in [2.75, 3.05) is 26.0 Å². The summed E-state index contributed by atoms with van der Waals surface area (Å²) in [5, 5.41) is 12.7. The summed E-state index contributed by atoms with van der Waals surface area (Å²) >= 11 is 1.68. The van der Waals surface area contributed by atoms with Crippen LogP contribution < -0.4 is 10.1 Å². The minimum atomic E-state index is 0.203. The minimum Gasteiger partial charge on any atom is -0.492 e. The average Bonchev–Trinajstić information content (AvgIpc) is 2.37. The Balaban J connectivity index is 2.16. The maximum Gasteiger partial charge on any atom is 0.119 e. The first-order chi connectivity index (χ1) is 8.27. The number of rotatable bonds is 8. The largest absolute Gasteiger partial charge is 0.492 e. The first kappa shape index (κ1) is 14.4. The summed E-state index contributed by atoms with van der Waals surface area (Å²) in [6.45, 7) is 3.71. The molecule has 2 unspecified atom stereocenters. The Bertz CT molecular complexity index is 291. The molecule has 0 aliphatic carbocycles. The van der Waals surface area contributed by atoms with Gasteiger partial charge in [0.25, 0.3) is 0 Å². The number of hydrogen-bond donors (Lipinski definition) is 2. The Labute approximate surface area is 108 Å². The zero-order valence-electron chi connectivity index (χ0n) is 10.4. The van der Waals surface area contributed by atoms with E-state index in [0.717, 1.165) is 12.3 Å². The van der Waals surface area contributed by atoms with E-state index in [2.05, 4.69) is 12.2 Å². The molecule has 0 heterocycles. The first-order valence-electron chi connectivity index (χ1n) is 5.82. The van der Waals surface area contributed by atoms with Gasteiger partial charge in [0.1, 0.15) is 12.4 Å². The van der Waals surface area contributed by atoms with E-state index in [1.54, 1.807) is 11.8 Å². The highest BCUT2D eigenvalue weighted by Gasteiger charge is 2.13. The highest BCUT2D eigenvalue weighted by Crippen LogP contribution is 2.10. The van der Waals surface area contributed by atoms with Crippen LogP contribution in [0.3, 0.4) is 0 Å². The number of hydrogen-bond acceptors (Lipinski definition) is 4. The maximum absolute atomic E-state index is 9.14. The van der Waals surface area contributed by atoms with Gasteiger partial charge in [-0.25, -0.2) is 0 Å². The predicted molar refractivity (Wildman–Crippen MR) is 73.8 cm³/mol. The van der Waals surface area contributed by atoms with E-state index in [1.807, 2.05) is 36.6 Å². The van der Waals surface area contributed by atoms with Gasteiger partial charge >= 0.3 is 0 Å². The molecule has 2 atom stereocenters. The number of aliphatic hydroxyl groups is 1. The summed E-state index contributed by atoms with van der Waals surface area (Å²) in [4.78, 5) is 0. The van der Waals surface area contributed by atoms with E-state index in [0.29, 0.717) is 6.61 Å². The van der Waals surface area contributed by atoms with Gasteiger partial charge in [-0.15, -0.1) is 0 Å². The third kappa shape index (κ3) is 5.44. The summed E-state index contributed by atoms with van der Waals surface area (Å²) in [7, 11) is 0. The van der Waals surface area contributed by atoms with E-state index in [4.69, 9.17) is 9.84 Å². The zero-order chi connectivity index (χ0) is 12.5. The van der Waals surface area contributed by atoms with Crippen LogP contribution in [0, 0.1) is 0 Å². The fourth-order valence-electron chi connectivity index (χ4n) is 1.54. The molecule has 0 spiro atoms. The van der Waals surface area contributed by atoms with Crippen molar-refractivity contribution in [3.63, 3.8) is 0 Å². The molecular weight excluding hydrogens is 234 g/mol. The normalized spacial score (nSPS) is 14.3. The second-order valence-corrected chi connectivity index (χ2v) is 4.94. The van der Waals surface area contributed by atoms with Crippen LogP contribution in [-0.4, -0.2) is 42.4 Å². The van der Waals surface area contributed by atoms with E-state index < -0.39 is 0 Å². The average molecular weight is 255 g/mol. The van der Waals surface area contributed by atoms with Crippen LogP contribution in [0.2, 0.25) is 0 Å². The van der Waals surface area contributed by atoms with Crippen molar-refractivity contribution in [3.8, 4) is 5.75 Å². The van der Waals surface area contributed by atoms with Gasteiger partial charge in [-0.3, -0.25) is 0 Å². The van der Waals surface area contributed by atoms with Crippen molar-refractivity contribution < 1.29 is 9.84 Å². The molecule has 0 radical (unpaired) electrons. The number of aliphatic hydroxyl groups excluding tert-OH is 1. The zero-order valence-corrected chi connectivity index (χ0v) is 11.2. The monoisotopic (exact) mass is 255 g/mol. The molecule has 0 saturated heterocycles. The Morgan fingerprint density at radius 3 is 2.65 bits per heavy atom. The van der Waals surface area contributed by atoms with Crippen molar-refractivity contribution in [3.05, 3.63) is 30.3 Å². The number of benzene rings is 1. The maximum atomic E-state index is 9.14. The molecule has 3 nitrogen and oxygen atoms in total. The lowest BCUT2D eigenvalue weighted by Gasteiger charge is -2.21. The molecule has 0 aliphatic rings. The molecule has 1 rings (SSSR count). The fraction of sp³-hybridized carbons (Fsp3) is 0.538. The lowest BCUT2D eigenvalue weighted by molar-refractivity contribution is 0.265. The molecule has 0 saturated carbocycles. The van der Waals surface area contributed by atoms with Crippen molar-refractivity contribution in [1.29, 1.82) is 0 Å². The smallest absolute Gasteiger partial charge is 0.119 e. The highest BCUT2D eigenvalue weighted by molar-refractivity contribution is 7.99. The van der Waals surface area contributed by atoms with Crippen LogP contribution in [0.15, 0.2) is 30.3 Å². The minimum absolute atomic E-state index is 0.203. The molecule has 96 valence electrons. The Morgan fingerprint density at radius 1 is 1.35 bits per heavy atom. The van der Waals surface area contributed by atoms with Gasteiger partial charge in [0.2, 0.25) is 0 Å². The molecule has 0 fully saturated rings. The number of nitrogens with one attached hydrogen (secondary N) is 1. The highest BCUT2D eigenvalue weighted by atomic mass is 32.2. The van der Waals surface area contributed by atoms with E-state index in [-0.39, 0.29) is 17.9 Å². The third-order valence-corrected chi connectivity index (χ3v) is 3.78. The van der Waals surface area contributed by atoms with Crippen molar-refractivity contribution in [2.24, 2.45) is 0 Å². The molecule has 1 aromatic carbocycles. The second-order valence-electron chi connectivity index (χ2n) is 3.86. The molecule has 0 aromatic heterocycles. The Morgan fingerprint density at radius 2 is 2.06 bits per heavy atom. The van der Waals surface area contributed by atoms with Gasteiger partial charge in [-0.1, -0.05) is 18.2 Å². The summed E-state index contributed by atoms with van der Waals surface area (Å²) in [6, 6.07) is 10.1. The standard InChI is InChI=1S/C13H21NO2S/c1-11(13(10-15)17-2)14-8-9-16-12-6-4-3-5-7-12/h3-7,11,13-15H,8-10H2,1-2H3. The first-order valence-corrected chi connectivity index (χ1v) is 7.11. The number of thioether (sulfide) groups is 1. The predicted octanol–water partition coefficient (Wildman–Crippen LogP) is 1.77. The third-order valence-electron chi connectivity index (χ3n) is 2.62. The van der Waals surface area contributed by atoms with Gasteiger partial charge in [0, 0.05) is 17.8 Å². The van der Waals surface area contributed by atoms with Gasteiger partial charge < -0.3 is 15.2 Å². The van der Waals surface area contributed by atoms with E-state index in [9.17, 15) is 0 Å². The number of para-hydroxylation sites is 1. The molecule has 0 bridgehead atoms. The van der Waals surface area contributed by atoms with Crippen molar-refractivity contribution >= 4 is 11.8 Å². The lowest BCUT2D eigenvalue weighted by Crippen LogP contribution is -2.39. The summed E-state index contributed by atoms with van der Waals surface area (Å²) in [6.07, 6.45) is 2.01. The van der Waals surface area contributed by atoms with Crippen LogP contribution in [0.5, 0.6) is 5.75 Å². The van der Waals surface area contributed by atoms with Crippen molar-refractivity contribution in [2.45, 2.75) is 18.2 Å². The Kier molecular flexibility index (Phi) is 7.08. The second kappa shape index (κ2) is 8.39. The van der Waals surface area contributed by atoms with Gasteiger partial charge in [-0.05, 0) is 25.3 Å². The van der Waals surface area contributed by atoms with E-state index in [1.165, 1.54) is 0 Å². The van der Waals surface area contributed by atoms with Crippen LogP contribution in [-0.2, 0) is 0 Å². The molecule has 2 N–H and O–H groups in total. The topological polar surface area (TPSA) is 41.5 Å². The van der Waals surface area contributed by atoms with Gasteiger partial charge in [-0.2, -0.15) is 11.8 Å². The van der Waals surface area contributed by atoms with Crippen molar-refractivity contribution in [1.82, 2.24) is 5.32 Å². The fourth-order valence-corrected chi connectivity index (χ4v) is 2.19. The van der Waals surface area contributed by atoms with Crippen LogP contribution in [0.1, 0.15) is 6.92 Å². The summed E-state index contributed by atoms with van der Waals surface area (Å²) in [5.74, 6) is 0.894. The van der Waals surface area contributed by atoms with Crippen LogP contribution in [0.4, 0.5) is 0 Å². The molecule has 0 amide bonds. The molecule has 0 aliphatic heterocycles. The van der Waals surface area contributed by atoms with E-state index >= 15 is 0 Å².